The van der Waals surface area contributed by atoms with Crippen LogP contribution < -0.4 is 0 Å². The molecule has 2 aromatic carbocycles. The van der Waals surface area contributed by atoms with Gasteiger partial charge in [0.2, 0.25) is 0 Å². The number of esters is 2. The molecule has 0 unspecified atom stereocenters. The predicted molar refractivity (Wildman–Crippen MR) is 183 cm³/mol. The lowest BCUT2D eigenvalue weighted by atomic mass is 10.1. The van der Waals surface area contributed by atoms with Gasteiger partial charge in [-0.1, -0.05) is 53.4 Å². The Hall–Kier alpha value is -2.61. The molecule has 0 radical (unpaired) electrons. The quantitative estimate of drug-likeness (QED) is 0.0810. The third-order valence-corrected chi connectivity index (χ3v) is 7.96. The smallest absolute Gasteiger partial charge is 0.338 e. The van der Waals surface area contributed by atoms with Crippen molar-refractivity contribution in [1.29, 1.82) is 0 Å². The van der Waals surface area contributed by atoms with E-state index in [0.717, 1.165) is 62.9 Å². The minimum Gasteiger partial charge on any atom is -0.462 e. The lowest BCUT2D eigenvalue weighted by Crippen LogP contribution is -2.28. The van der Waals surface area contributed by atoms with Crippen molar-refractivity contribution in [2.45, 2.75) is 91.9 Å². The van der Waals surface area contributed by atoms with E-state index in [0.29, 0.717) is 35.5 Å². The fourth-order valence-corrected chi connectivity index (χ4v) is 5.30. The van der Waals surface area contributed by atoms with Crippen LogP contribution in [0.4, 0.5) is 0 Å². The second-order valence-corrected chi connectivity index (χ2v) is 11.6. The fraction of sp³-hybridized carbons (Fsp3) is 0.611. The van der Waals surface area contributed by atoms with Gasteiger partial charge in [-0.2, -0.15) is 0 Å². The Kier molecular flexibility index (Phi) is 18.1. The molecule has 0 bridgehead atoms. The third-order valence-electron chi connectivity index (χ3n) is 7.96. The van der Waals surface area contributed by atoms with Gasteiger partial charge < -0.3 is 23.7 Å². The van der Waals surface area contributed by atoms with Crippen LogP contribution in [0.25, 0.3) is 21.9 Å². The minimum absolute atomic E-state index is 0. The van der Waals surface area contributed by atoms with Gasteiger partial charge in [-0.05, 0) is 101 Å². The largest absolute Gasteiger partial charge is 0.462 e. The first-order chi connectivity index (χ1) is 21.0. The maximum atomic E-state index is 12.9. The number of carbonyl (C=O) groups excluding carboxylic acids is 2. The number of halogens is 1. The Bertz CT molecular complexity index is 1150. The summed E-state index contributed by atoms with van der Waals surface area (Å²) in [6, 6.07) is 10.7. The van der Waals surface area contributed by atoms with Gasteiger partial charge >= 0.3 is 11.9 Å². The van der Waals surface area contributed by atoms with Gasteiger partial charge in [0.1, 0.15) is 11.2 Å². The zero-order valence-electron chi connectivity index (χ0n) is 27.5. The second-order valence-electron chi connectivity index (χ2n) is 11.6. The van der Waals surface area contributed by atoms with Crippen molar-refractivity contribution in [3.05, 3.63) is 47.5 Å². The second kappa shape index (κ2) is 21.2. The topological polar surface area (TPSA) is 72.2 Å². The summed E-state index contributed by atoms with van der Waals surface area (Å²) in [4.78, 5) is 30.7. The summed E-state index contributed by atoms with van der Waals surface area (Å²) in [7, 11) is 0. The summed E-state index contributed by atoms with van der Waals surface area (Å²) < 4.78 is 17.2. The Morgan fingerprint density at radius 1 is 0.568 bits per heavy atom. The normalized spacial score (nSPS) is 11.4. The van der Waals surface area contributed by atoms with E-state index in [9.17, 15) is 9.59 Å². The summed E-state index contributed by atoms with van der Waals surface area (Å²) in [5, 5.41) is 1.57. The molecule has 1 heterocycles. The van der Waals surface area contributed by atoms with Gasteiger partial charge in [-0.25, -0.2) is 9.59 Å². The monoisotopic (exact) mass is 630 g/mol. The molecule has 1 aromatic heterocycles. The summed E-state index contributed by atoms with van der Waals surface area (Å²) in [5.41, 5.74) is 2.29. The first kappa shape index (κ1) is 37.6. The van der Waals surface area contributed by atoms with Crippen molar-refractivity contribution in [2.24, 2.45) is 0 Å². The van der Waals surface area contributed by atoms with Crippen LogP contribution >= 0.6 is 12.4 Å². The van der Waals surface area contributed by atoms with Crippen LogP contribution in [0.2, 0.25) is 0 Å². The molecule has 246 valence electrons. The third kappa shape index (κ3) is 12.1. The van der Waals surface area contributed by atoms with Gasteiger partial charge in [0.25, 0.3) is 0 Å². The van der Waals surface area contributed by atoms with E-state index in [-0.39, 0.29) is 24.3 Å². The Morgan fingerprint density at radius 2 is 0.909 bits per heavy atom. The molecule has 0 atom stereocenters. The number of furan rings is 1. The Labute approximate surface area is 271 Å². The predicted octanol–water partition coefficient (Wildman–Crippen LogP) is 8.91. The fourth-order valence-electron chi connectivity index (χ4n) is 5.30. The van der Waals surface area contributed by atoms with Crippen molar-refractivity contribution in [3.8, 4) is 0 Å². The molecular formula is C36H55ClN2O5. The number of fused-ring (bicyclic) bond motifs is 3. The molecule has 3 rings (SSSR count). The molecule has 0 N–H and O–H groups in total. The number of benzene rings is 2. The molecule has 8 heteroatoms. The molecule has 0 saturated carbocycles. The van der Waals surface area contributed by atoms with Crippen LogP contribution in [0.15, 0.2) is 40.8 Å². The zero-order valence-corrected chi connectivity index (χ0v) is 28.4. The van der Waals surface area contributed by atoms with E-state index in [4.69, 9.17) is 13.9 Å². The highest BCUT2D eigenvalue weighted by atomic mass is 35.5. The van der Waals surface area contributed by atoms with E-state index in [1.54, 1.807) is 36.4 Å². The number of rotatable bonds is 22. The minimum atomic E-state index is -0.340. The van der Waals surface area contributed by atoms with E-state index in [2.05, 4.69) is 37.5 Å². The number of unbranched alkanes of at least 4 members (excludes halogenated alkanes) is 4. The molecule has 0 aliphatic rings. The van der Waals surface area contributed by atoms with Crippen LogP contribution in [-0.4, -0.2) is 74.2 Å². The van der Waals surface area contributed by atoms with E-state index in [1.807, 2.05) is 0 Å². The van der Waals surface area contributed by atoms with E-state index in [1.165, 1.54) is 51.4 Å². The molecular weight excluding hydrogens is 576 g/mol. The van der Waals surface area contributed by atoms with Crippen LogP contribution in [0.1, 0.15) is 113 Å². The average molecular weight is 631 g/mol. The van der Waals surface area contributed by atoms with Gasteiger partial charge in [0.05, 0.1) is 24.3 Å². The molecule has 0 amide bonds. The van der Waals surface area contributed by atoms with Gasteiger partial charge in [-0.15, -0.1) is 12.4 Å². The summed E-state index contributed by atoms with van der Waals surface area (Å²) in [5.74, 6) is -0.681. The molecule has 7 nitrogen and oxygen atoms in total. The van der Waals surface area contributed by atoms with Crippen LogP contribution in [0.3, 0.4) is 0 Å². The highest BCUT2D eigenvalue weighted by Gasteiger charge is 2.16. The van der Waals surface area contributed by atoms with Gasteiger partial charge in [-0.3, -0.25) is 0 Å². The van der Waals surface area contributed by atoms with Crippen molar-refractivity contribution >= 4 is 46.3 Å². The standard InChI is InChI=1S/C36H54N2O5.ClH/c1-5-9-19-37(20-10-6-2)23-13-25-41-35(39)29-15-17-33-31(27-29)32-28-30(16-18-34(32)43-33)36(40)42-26-14-24-38(21-11-7-3)22-12-8-4;/h15-18,27-28H,5-14,19-26H2,1-4H3;1H. The molecule has 0 spiro atoms. The Balaban J connectivity index is 0.00000675. The number of nitrogens with zero attached hydrogens (tertiary/aromatic N) is 2. The molecule has 0 aliphatic heterocycles. The molecule has 3 aromatic rings. The number of hydrogen-bond donors (Lipinski definition) is 0. The molecule has 0 aliphatic carbocycles. The molecule has 44 heavy (non-hydrogen) atoms. The maximum absolute atomic E-state index is 12.9. The number of ether oxygens (including phenoxy) is 2. The highest BCUT2D eigenvalue weighted by molar-refractivity contribution is 6.09. The number of hydrogen-bond acceptors (Lipinski definition) is 7. The first-order valence-corrected chi connectivity index (χ1v) is 16.8. The first-order valence-electron chi connectivity index (χ1n) is 16.8. The van der Waals surface area contributed by atoms with E-state index < -0.39 is 0 Å². The highest BCUT2D eigenvalue weighted by Crippen LogP contribution is 2.30. The lowest BCUT2D eigenvalue weighted by Gasteiger charge is -2.21. The van der Waals surface area contributed by atoms with Crippen LogP contribution in [0.5, 0.6) is 0 Å². The summed E-state index contributed by atoms with van der Waals surface area (Å²) in [6.45, 7) is 15.9. The van der Waals surface area contributed by atoms with Gasteiger partial charge in [0.15, 0.2) is 0 Å². The van der Waals surface area contributed by atoms with Crippen molar-refractivity contribution in [2.75, 3.05) is 52.5 Å². The average Bonchev–Trinajstić information content (AvgIpc) is 3.40. The number of carbonyl (C=O) groups is 2. The van der Waals surface area contributed by atoms with Crippen LogP contribution in [-0.2, 0) is 9.47 Å². The van der Waals surface area contributed by atoms with Crippen molar-refractivity contribution in [1.82, 2.24) is 9.80 Å². The van der Waals surface area contributed by atoms with Crippen LogP contribution in [0, 0.1) is 0 Å². The SMILES string of the molecule is CCCCN(CCCC)CCCOC(=O)c1ccc2oc3ccc(C(=O)OCCCN(CCCC)CCCC)cc3c2c1.Cl. The molecule has 0 fully saturated rings. The zero-order chi connectivity index (χ0) is 30.9. The Morgan fingerprint density at radius 3 is 1.25 bits per heavy atom. The lowest BCUT2D eigenvalue weighted by molar-refractivity contribution is 0.0478. The van der Waals surface area contributed by atoms with E-state index >= 15 is 0 Å². The van der Waals surface area contributed by atoms with Gasteiger partial charge in [0, 0.05) is 23.9 Å². The van der Waals surface area contributed by atoms with Crippen molar-refractivity contribution in [3.63, 3.8) is 0 Å². The maximum Gasteiger partial charge on any atom is 0.338 e. The summed E-state index contributed by atoms with van der Waals surface area (Å²) >= 11 is 0. The molecule has 0 saturated heterocycles. The summed E-state index contributed by atoms with van der Waals surface area (Å²) in [6.07, 6.45) is 11.1. The van der Waals surface area contributed by atoms with Crippen molar-refractivity contribution < 1.29 is 23.5 Å².